The van der Waals surface area contributed by atoms with Crippen molar-refractivity contribution in [3.63, 3.8) is 0 Å². The molecule has 3 aromatic rings. The number of H-pyrrole nitrogens is 1. The summed E-state index contributed by atoms with van der Waals surface area (Å²) in [5.41, 5.74) is 1.89. The second-order valence-electron chi connectivity index (χ2n) is 7.61. The molecule has 0 spiro atoms. The Morgan fingerprint density at radius 3 is 2.66 bits per heavy atom. The van der Waals surface area contributed by atoms with E-state index in [-0.39, 0.29) is 10.8 Å². The third-order valence-corrected chi connectivity index (χ3v) is 5.72. The largest absolute Gasteiger partial charge is 0.494 e. The fraction of sp³-hybridized carbons (Fsp3) is 0.269. The van der Waals surface area contributed by atoms with Gasteiger partial charge in [-0.3, -0.25) is 14.8 Å². The molecule has 9 heteroatoms. The molecule has 3 rings (SSSR count). The predicted molar refractivity (Wildman–Crippen MR) is 137 cm³/mol. The molecule has 0 saturated heterocycles. The summed E-state index contributed by atoms with van der Waals surface area (Å²) < 4.78 is 17.4. The normalized spacial score (nSPS) is 11.8. The molecule has 0 bridgehead atoms. The Hall–Kier alpha value is -3.85. The van der Waals surface area contributed by atoms with Crippen molar-refractivity contribution in [1.82, 2.24) is 15.0 Å². The number of aromatic nitrogens is 3. The fourth-order valence-corrected chi connectivity index (χ4v) is 3.87. The Morgan fingerprint density at radius 1 is 1.20 bits per heavy atom. The molecule has 1 aromatic carbocycles. The number of rotatable bonds is 13. The average molecular weight is 496 g/mol. The standard InChI is InChI=1S/C26H29N3O5S/c1-4-6-18(2)22(12-7-19(3)34-23-17-27-13-14-28-23)33-16-5-15-32-21-10-8-20(9-11-21)24-25(30)29-26(31)35-24/h7-14,17,30H,3-6,15-16H2,1-2H3,(H,29,31). The molecule has 0 saturated carbocycles. The summed E-state index contributed by atoms with van der Waals surface area (Å²) in [6.45, 7) is 9.04. The first kappa shape index (κ1) is 25.8. The Labute approximate surface area is 208 Å². The van der Waals surface area contributed by atoms with Gasteiger partial charge in [-0.2, -0.15) is 0 Å². The first-order valence-corrected chi connectivity index (χ1v) is 12.1. The number of hydrogen-bond acceptors (Lipinski definition) is 8. The molecule has 0 aliphatic heterocycles. The van der Waals surface area contributed by atoms with E-state index in [0.29, 0.717) is 41.9 Å². The van der Waals surface area contributed by atoms with Gasteiger partial charge in [0.15, 0.2) is 0 Å². The highest BCUT2D eigenvalue weighted by molar-refractivity contribution is 7.13. The van der Waals surface area contributed by atoms with Crippen molar-refractivity contribution in [3.05, 3.63) is 88.3 Å². The van der Waals surface area contributed by atoms with Crippen molar-refractivity contribution in [1.29, 1.82) is 0 Å². The third-order valence-electron chi connectivity index (χ3n) is 4.80. The average Bonchev–Trinajstić information content (AvgIpc) is 3.19. The van der Waals surface area contributed by atoms with Crippen molar-refractivity contribution in [2.45, 2.75) is 33.1 Å². The van der Waals surface area contributed by atoms with Crippen LogP contribution in [0.1, 0.15) is 33.1 Å². The number of nitrogens with zero attached hydrogens (tertiary/aromatic N) is 2. The summed E-state index contributed by atoms with van der Waals surface area (Å²) in [6, 6.07) is 7.23. The van der Waals surface area contributed by atoms with E-state index in [4.69, 9.17) is 14.2 Å². The van der Waals surface area contributed by atoms with Crippen LogP contribution in [-0.2, 0) is 4.74 Å². The minimum absolute atomic E-state index is 0.119. The second-order valence-corrected chi connectivity index (χ2v) is 8.59. The molecule has 0 fully saturated rings. The SMILES string of the molecule is C=C(C=CC(OCCCOc1ccc(-c2sc(=O)[nH]c2O)cc1)=C(C)CCC)Oc1cnccn1. The minimum atomic E-state index is -0.294. The Bertz CT molecular complexity index is 1210. The number of aromatic hydroxyl groups is 1. The van der Waals surface area contributed by atoms with Crippen LogP contribution in [0, 0.1) is 0 Å². The van der Waals surface area contributed by atoms with Gasteiger partial charge in [-0.05, 0) is 60.9 Å². The third kappa shape index (κ3) is 8.15. The monoisotopic (exact) mass is 495 g/mol. The van der Waals surface area contributed by atoms with Crippen molar-refractivity contribution >= 4 is 11.3 Å². The van der Waals surface area contributed by atoms with E-state index in [9.17, 15) is 9.90 Å². The molecule has 35 heavy (non-hydrogen) atoms. The zero-order valence-corrected chi connectivity index (χ0v) is 20.6. The van der Waals surface area contributed by atoms with Crippen molar-refractivity contribution < 1.29 is 19.3 Å². The number of nitrogens with one attached hydrogen (secondary N) is 1. The lowest BCUT2D eigenvalue weighted by atomic mass is 10.1. The highest BCUT2D eigenvalue weighted by Gasteiger charge is 2.09. The van der Waals surface area contributed by atoms with Crippen LogP contribution < -0.4 is 14.3 Å². The smallest absolute Gasteiger partial charge is 0.307 e. The second kappa shape index (κ2) is 13.1. The van der Waals surface area contributed by atoms with Gasteiger partial charge in [0.25, 0.3) is 0 Å². The number of hydrogen-bond donors (Lipinski definition) is 2. The van der Waals surface area contributed by atoms with E-state index < -0.39 is 0 Å². The van der Waals surface area contributed by atoms with Gasteiger partial charge in [0, 0.05) is 18.8 Å². The number of allylic oxidation sites excluding steroid dienone is 3. The highest BCUT2D eigenvalue weighted by Crippen LogP contribution is 2.31. The van der Waals surface area contributed by atoms with Crippen molar-refractivity contribution in [2.75, 3.05) is 13.2 Å². The summed E-state index contributed by atoms with van der Waals surface area (Å²) in [7, 11) is 0. The van der Waals surface area contributed by atoms with E-state index in [1.165, 1.54) is 6.20 Å². The fourth-order valence-electron chi connectivity index (χ4n) is 3.14. The Morgan fingerprint density at radius 2 is 2.00 bits per heavy atom. The molecule has 184 valence electrons. The van der Waals surface area contributed by atoms with Gasteiger partial charge in [0.2, 0.25) is 11.8 Å². The lowest BCUT2D eigenvalue weighted by Gasteiger charge is -2.12. The van der Waals surface area contributed by atoms with Gasteiger partial charge >= 0.3 is 4.87 Å². The number of ether oxygens (including phenoxy) is 3. The summed E-state index contributed by atoms with van der Waals surface area (Å²) in [5, 5.41) is 9.79. The summed E-state index contributed by atoms with van der Waals surface area (Å²) in [4.78, 5) is 22.0. The molecular formula is C26H29N3O5S. The van der Waals surface area contributed by atoms with Crippen molar-refractivity contribution in [3.8, 4) is 28.0 Å². The lowest BCUT2D eigenvalue weighted by molar-refractivity contribution is 0.188. The van der Waals surface area contributed by atoms with Gasteiger partial charge < -0.3 is 19.3 Å². The maximum Gasteiger partial charge on any atom is 0.307 e. The molecule has 8 nitrogen and oxygen atoms in total. The van der Waals surface area contributed by atoms with Gasteiger partial charge in [0.05, 0.1) is 24.3 Å². The van der Waals surface area contributed by atoms with Crippen LogP contribution in [0.4, 0.5) is 0 Å². The van der Waals surface area contributed by atoms with Crippen molar-refractivity contribution in [2.24, 2.45) is 0 Å². The van der Waals surface area contributed by atoms with E-state index in [1.54, 1.807) is 30.6 Å². The molecule has 0 aliphatic carbocycles. The molecule has 0 radical (unpaired) electrons. The van der Waals surface area contributed by atoms with E-state index >= 15 is 0 Å². The number of aromatic amines is 1. The first-order chi connectivity index (χ1) is 17.0. The van der Waals surface area contributed by atoms with Crippen LogP contribution in [0.15, 0.2) is 83.5 Å². The van der Waals surface area contributed by atoms with Crippen LogP contribution in [0.2, 0.25) is 0 Å². The molecule has 0 aliphatic rings. The Kier molecular flexibility index (Phi) is 9.68. The van der Waals surface area contributed by atoms with E-state index in [1.807, 2.05) is 25.1 Å². The van der Waals surface area contributed by atoms with Gasteiger partial charge in [-0.15, -0.1) is 0 Å². The van der Waals surface area contributed by atoms with Crippen LogP contribution >= 0.6 is 11.3 Å². The molecule has 2 heterocycles. The zero-order chi connectivity index (χ0) is 25.0. The van der Waals surface area contributed by atoms with Crippen LogP contribution in [0.25, 0.3) is 10.4 Å². The zero-order valence-electron chi connectivity index (χ0n) is 19.8. The predicted octanol–water partition coefficient (Wildman–Crippen LogP) is 5.61. The van der Waals surface area contributed by atoms with E-state index in [0.717, 1.165) is 41.1 Å². The molecule has 2 aromatic heterocycles. The van der Waals surface area contributed by atoms with Crippen LogP contribution in [0.3, 0.4) is 0 Å². The molecular weight excluding hydrogens is 466 g/mol. The highest BCUT2D eigenvalue weighted by atomic mass is 32.1. The quantitative estimate of drug-likeness (QED) is 0.180. The summed E-state index contributed by atoms with van der Waals surface area (Å²) >= 11 is 0.964. The van der Waals surface area contributed by atoms with E-state index in [2.05, 4.69) is 28.5 Å². The molecule has 0 unspecified atom stereocenters. The summed E-state index contributed by atoms with van der Waals surface area (Å²) in [5.74, 6) is 2.18. The molecule has 0 amide bonds. The maximum atomic E-state index is 11.4. The number of benzene rings is 1. The van der Waals surface area contributed by atoms with Gasteiger partial charge in [0.1, 0.15) is 17.3 Å². The van der Waals surface area contributed by atoms with Gasteiger partial charge in [-0.25, -0.2) is 4.98 Å². The van der Waals surface area contributed by atoms with Gasteiger partial charge in [-0.1, -0.05) is 31.3 Å². The summed E-state index contributed by atoms with van der Waals surface area (Å²) in [6.07, 6.45) is 10.9. The Balaban J connectivity index is 1.47. The molecule has 0 atom stereocenters. The van der Waals surface area contributed by atoms with Crippen LogP contribution in [0.5, 0.6) is 17.5 Å². The topological polar surface area (TPSA) is 107 Å². The lowest BCUT2D eigenvalue weighted by Crippen LogP contribution is -2.04. The first-order valence-electron chi connectivity index (χ1n) is 11.2. The minimum Gasteiger partial charge on any atom is -0.494 e. The van der Waals surface area contributed by atoms with Crippen LogP contribution in [-0.4, -0.2) is 33.3 Å². The maximum absolute atomic E-state index is 11.4. The molecule has 2 N–H and O–H groups in total. The number of thiazole rings is 1.